The first-order chi connectivity index (χ1) is 9.49. The fraction of sp³-hybridized carbons (Fsp3) is 0.600. The smallest absolute Gasteiger partial charge is 0.241 e. The molecule has 1 amide bonds. The molecule has 5 heteroatoms. The molecule has 5 nitrogen and oxygen atoms in total. The summed E-state index contributed by atoms with van der Waals surface area (Å²) in [5, 5.41) is 3.12. The van der Waals surface area contributed by atoms with E-state index in [9.17, 15) is 4.79 Å². The predicted octanol–water partition coefficient (Wildman–Crippen LogP) is 1.41. The van der Waals surface area contributed by atoms with Crippen LogP contribution in [0, 0.1) is 6.92 Å². The van der Waals surface area contributed by atoms with Crippen LogP contribution in [0.2, 0.25) is 0 Å². The molecular weight excluding hydrogens is 252 g/mol. The number of aryl methyl sites for hydroxylation is 1. The number of hydrogen-bond acceptors (Lipinski definition) is 4. The first kappa shape index (κ1) is 16.4. The highest BCUT2D eigenvalue weighted by Gasteiger charge is 2.15. The Balaban J connectivity index is 2.93. The van der Waals surface area contributed by atoms with Gasteiger partial charge in [-0.25, -0.2) is 4.98 Å². The number of nitrogens with zero attached hydrogens (tertiary/aromatic N) is 3. The Labute approximate surface area is 122 Å². The topological polar surface area (TPSA) is 48.5 Å². The van der Waals surface area contributed by atoms with Crippen molar-refractivity contribution < 1.29 is 4.79 Å². The molecule has 1 rings (SSSR count). The molecule has 0 atom stereocenters. The minimum Gasteiger partial charge on any atom is -0.347 e. The molecule has 1 heterocycles. The van der Waals surface area contributed by atoms with Crippen molar-refractivity contribution in [1.29, 1.82) is 0 Å². The first-order valence-electron chi connectivity index (χ1n) is 7.04. The lowest BCUT2D eigenvalue weighted by molar-refractivity contribution is -0.127. The van der Waals surface area contributed by atoms with Gasteiger partial charge in [-0.05, 0) is 37.6 Å². The quantitative estimate of drug-likeness (QED) is 0.819. The summed E-state index contributed by atoms with van der Waals surface area (Å²) in [5.41, 5.74) is 2.27. The van der Waals surface area contributed by atoms with Crippen LogP contribution in [0.15, 0.2) is 12.3 Å². The van der Waals surface area contributed by atoms with Gasteiger partial charge in [0, 0.05) is 33.4 Å². The van der Waals surface area contributed by atoms with E-state index < -0.39 is 0 Å². The second-order valence-electron chi connectivity index (χ2n) is 5.22. The van der Waals surface area contributed by atoms with Crippen LogP contribution in [-0.4, -0.2) is 50.0 Å². The van der Waals surface area contributed by atoms with Crippen molar-refractivity contribution in [1.82, 2.24) is 15.2 Å². The van der Waals surface area contributed by atoms with Crippen molar-refractivity contribution in [2.45, 2.75) is 26.8 Å². The summed E-state index contributed by atoms with van der Waals surface area (Å²) in [7, 11) is 5.48. The van der Waals surface area contributed by atoms with E-state index >= 15 is 0 Å². The Bertz CT molecular complexity index is 445. The van der Waals surface area contributed by atoms with E-state index in [0.717, 1.165) is 36.5 Å². The van der Waals surface area contributed by atoms with Crippen LogP contribution in [-0.2, 0) is 11.3 Å². The van der Waals surface area contributed by atoms with Gasteiger partial charge in [0.15, 0.2) is 0 Å². The molecule has 112 valence electrons. The van der Waals surface area contributed by atoms with E-state index in [1.54, 1.807) is 19.0 Å². The van der Waals surface area contributed by atoms with Gasteiger partial charge in [-0.1, -0.05) is 6.92 Å². The summed E-state index contributed by atoms with van der Waals surface area (Å²) in [4.78, 5) is 20.1. The van der Waals surface area contributed by atoms with Crippen molar-refractivity contribution in [3.05, 3.63) is 23.4 Å². The molecule has 0 bridgehead atoms. The van der Waals surface area contributed by atoms with Gasteiger partial charge in [-0.15, -0.1) is 0 Å². The lowest BCUT2D eigenvalue weighted by atomic mass is 10.2. The molecule has 0 aliphatic rings. The van der Waals surface area contributed by atoms with Gasteiger partial charge in [0.2, 0.25) is 5.91 Å². The molecule has 0 radical (unpaired) electrons. The average Bonchev–Trinajstić information content (AvgIpc) is 2.38. The van der Waals surface area contributed by atoms with E-state index in [2.05, 4.69) is 28.2 Å². The summed E-state index contributed by atoms with van der Waals surface area (Å²) in [6, 6.07) is 2.13. The van der Waals surface area contributed by atoms with E-state index in [-0.39, 0.29) is 5.91 Å². The fourth-order valence-electron chi connectivity index (χ4n) is 2.09. The normalized spacial score (nSPS) is 10.4. The fourth-order valence-corrected chi connectivity index (χ4v) is 2.09. The average molecular weight is 278 g/mol. The third kappa shape index (κ3) is 4.49. The van der Waals surface area contributed by atoms with Gasteiger partial charge in [0.05, 0.1) is 6.54 Å². The van der Waals surface area contributed by atoms with Gasteiger partial charge in [0.25, 0.3) is 0 Å². The lowest BCUT2D eigenvalue weighted by Gasteiger charge is -2.26. The minimum absolute atomic E-state index is 0.0963. The van der Waals surface area contributed by atoms with E-state index in [0.29, 0.717) is 6.54 Å². The van der Waals surface area contributed by atoms with Crippen LogP contribution in [0.3, 0.4) is 0 Å². The standard InChI is InChI=1S/C15H26N4O/c1-6-7-19(11-14(20)18(4)5)15-12(2)8-13(9-16-3)10-17-15/h8,10,16H,6-7,9,11H2,1-5H3. The third-order valence-electron chi connectivity index (χ3n) is 3.11. The number of anilines is 1. The highest BCUT2D eigenvalue weighted by Crippen LogP contribution is 2.18. The largest absolute Gasteiger partial charge is 0.347 e. The van der Waals surface area contributed by atoms with Gasteiger partial charge < -0.3 is 15.1 Å². The first-order valence-corrected chi connectivity index (χ1v) is 7.04. The van der Waals surface area contributed by atoms with Crippen LogP contribution < -0.4 is 10.2 Å². The van der Waals surface area contributed by atoms with E-state index in [4.69, 9.17) is 0 Å². The van der Waals surface area contributed by atoms with Crippen molar-refractivity contribution >= 4 is 11.7 Å². The van der Waals surface area contributed by atoms with Crippen LogP contribution in [0.25, 0.3) is 0 Å². The Morgan fingerprint density at radius 2 is 2.10 bits per heavy atom. The van der Waals surface area contributed by atoms with E-state index in [1.165, 1.54) is 0 Å². The monoisotopic (exact) mass is 278 g/mol. The second kappa shape index (κ2) is 7.85. The van der Waals surface area contributed by atoms with Gasteiger partial charge in [-0.2, -0.15) is 0 Å². The van der Waals surface area contributed by atoms with Crippen molar-refractivity contribution in [3.8, 4) is 0 Å². The number of carbonyl (C=O) groups is 1. The molecule has 1 aromatic rings. The molecule has 0 unspecified atom stereocenters. The molecule has 1 aromatic heterocycles. The predicted molar refractivity (Wildman–Crippen MR) is 82.9 cm³/mol. The molecule has 20 heavy (non-hydrogen) atoms. The maximum Gasteiger partial charge on any atom is 0.241 e. The molecule has 0 saturated carbocycles. The van der Waals surface area contributed by atoms with Crippen molar-refractivity contribution in [2.75, 3.05) is 39.1 Å². The number of carbonyl (C=O) groups excluding carboxylic acids is 1. The molecule has 1 N–H and O–H groups in total. The number of likely N-dealkylation sites (N-methyl/N-ethyl adjacent to an activating group) is 1. The number of pyridine rings is 1. The summed E-state index contributed by atoms with van der Waals surface area (Å²) in [5.74, 6) is 1.00. The summed E-state index contributed by atoms with van der Waals surface area (Å²) in [6.45, 7) is 6.17. The SMILES string of the molecule is CCCN(CC(=O)N(C)C)c1ncc(CNC)cc1C. The third-order valence-corrected chi connectivity index (χ3v) is 3.11. The van der Waals surface area contributed by atoms with Gasteiger partial charge >= 0.3 is 0 Å². The van der Waals surface area contributed by atoms with E-state index in [1.807, 2.05) is 20.2 Å². The van der Waals surface area contributed by atoms with Crippen LogP contribution in [0.5, 0.6) is 0 Å². The number of hydrogen-bond donors (Lipinski definition) is 1. The zero-order valence-corrected chi connectivity index (χ0v) is 13.2. The van der Waals surface area contributed by atoms with Crippen LogP contribution in [0.1, 0.15) is 24.5 Å². The molecule has 0 saturated heterocycles. The van der Waals surface area contributed by atoms with Crippen molar-refractivity contribution in [3.63, 3.8) is 0 Å². The van der Waals surface area contributed by atoms with Crippen molar-refractivity contribution in [2.24, 2.45) is 0 Å². The zero-order chi connectivity index (χ0) is 15.1. The zero-order valence-electron chi connectivity index (χ0n) is 13.2. The molecule has 0 fully saturated rings. The van der Waals surface area contributed by atoms with Crippen LogP contribution in [0.4, 0.5) is 5.82 Å². The highest BCUT2D eigenvalue weighted by molar-refractivity contribution is 5.80. The Kier molecular flexibility index (Phi) is 6.45. The van der Waals surface area contributed by atoms with Crippen LogP contribution >= 0.6 is 0 Å². The summed E-state index contributed by atoms with van der Waals surface area (Å²) < 4.78 is 0. The molecule has 0 aromatic carbocycles. The van der Waals surface area contributed by atoms with Gasteiger partial charge in [0.1, 0.15) is 5.82 Å². The molecular formula is C15H26N4O. The van der Waals surface area contributed by atoms with Gasteiger partial charge in [-0.3, -0.25) is 4.79 Å². The maximum absolute atomic E-state index is 11.9. The Morgan fingerprint density at radius 3 is 2.60 bits per heavy atom. The number of aromatic nitrogens is 1. The Morgan fingerprint density at radius 1 is 1.40 bits per heavy atom. The summed E-state index contributed by atoms with van der Waals surface area (Å²) in [6.07, 6.45) is 2.86. The minimum atomic E-state index is 0.0963. The number of nitrogens with one attached hydrogen (secondary N) is 1. The molecule has 0 aliphatic heterocycles. The Hall–Kier alpha value is -1.62. The summed E-state index contributed by atoms with van der Waals surface area (Å²) >= 11 is 0. The highest BCUT2D eigenvalue weighted by atomic mass is 16.2. The lowest BCUT2D eigenvalue weighted by Crippen LogP contribution is -2.38. The maximum atomic E-state index is 11.9. The second-order valence-corrected chi connectivity index (χ2v) is 5.22. The molecule has 0 spiro atoms. The molecule has 0 aliphatic carbocycles. The number of amides is 1. The number of rotatable bonds is 7.